The number of rotatable bonds is 8. The molecule has 5 aliphatic rings. The summed E-state index contributed by atoms with van der Waals surface area (Å²) in [4.78, 5) is 84.4. The van der Waals surface area contributed by atoms with Gasteiger partial charge in [-0.25, -0.2) is 19.5 Å². The van der Waals surface area contributed by atoms with Crippen molar-refractivity contribution in [2.24, 2.45) is 9.98 Å². The number of nitrogens with zero attached hydrogens (tertiary/aromatic N) is 4. The number of hydrogen-bond acceptors (Lipinski definition) is 12. The fourth-order valence-electron chi connectivity index (χ4n) is 4.71. The molecule has 18 heteroatoms. The number of β-lactam (4-membered cyclic amide) rings is 1. The number of carbonyl (C=O) groups is 6. The largest absolute Gasteiger partial charge is 1.00 e. The normalized spacial score (nSPS) is 24.2. The van der Waals surface area contributed by atoms with Crippen LogP contribution in [0.3, 0.4) is 0 Å². The molecule has 0 bridgehead atoms. The summed E-state index contributed by atoms with van der Waals surface area (Å²) >= 11 is 4.56. The van der Waals surface area contributed by atoms with Gasteiger partial charge in [0.15, 0.2) is 0 Å². The second-order valence-corrected chi connectivity index (χ2v) is 13.2. The number of aliphatic carboxylic acids is 1. The predicted molar refractivity (Wildman–Crippen MR) is 154 cm³/mol. The Morgan fingerprint density at radius 1 is 1.19 bits per heavy atom. The molecule has 1 unspecified atom stereocenters. The molecule has 2 atom stereocenters. The van der Waals surface area contributed by atoms with Crippen LogP contribution in [0.5, 0.6) is 0 Å². The number of carboxylic acids is 1. The number of amides is 6. The van der Waals surface area contributed by atoms with Crippen molar-refractivity contribution in [3.63, 3.8) is 0 Å². The van der Waals surface area contributed by atoms with Gasteiger partial charge in [-0.1, -0.05) is 12.2 Å². The van der Waals surface area contributed by atoms with Crippen molar-refractivity contribution in [1.82, 2.24) is 20.4 Å². The molecule has 2 fully saturated rings. The van der Waals surface area contributed by atoms with Gasteiger partial charge < -0.3 is 25.3 Å². The van der Waals surface area contributed by atoms with Gasteiger partial charge in [0, 0.05) is 42.4 Å². The minimum Gasteiger partial charge on any atom is -0.543 e. The van der Waals surface area contributed by atoms with Crippen LogP contribution in [0.2, 0.25) is 0 Å². The summed E-state index contributed by atoms with van der Waals surface area (Å²) in [5.74, 6) is -1.30. The molecule has 0 aromatic heterocycles. The maximum absolute atomic E-state index is 13.2. The molecule has 14 nitrogen and oxygen atoms in total. The van der Waals surface area contributed by atoms with Gasteiger partial charge in [0.1, 0.15) is 22.7 Å². The molecule has 6 amide bonds. The molecule has 0 spiro atoms. The summed E-state index contributed by atoms with van der Waals surface area (Å²) in [6.07, 6.45) is 5.02. The topological polar surface area (TPSA) is 190 Å². The van der Waals surface area contributed by atoms with Crippen molar-refractivity contribution < 1.29 is 68.2 Å². The van der Waals surface area contributed by atoms with E-state index in [1.54, 1.807) is 29.6 Å². The van der Waals surface area contributed by atoms with Crippen molar-refractivity contribution >= 4 is 83.0 Å². The minimum atomic E-state index is -1.58. The van der Waals surface area contributed by atoms with Gasteiger partial charge in [-0.2, -0.15) is 0 Å². The summed E-state index contributed by atoms with van der Waals surface area (Å²) in [5, 5.41) is 16.6. The average molecular weight is 657 g/mol. The zero-order valence-electron chi connectivity index (χ0n) is 23.2. The third kappa shape index (κ3) is 7.39. The average Bonchev–Trinajstić information content (AvgIpc) is 3.63. The summed E-state index contributed by atoms with van der Waals surface area (Å²) in [6, 6.07) is -2.38. The van der Waals surface area contributed by atoms with E-state index in [1.165, 1.54) is 24.9 Å². The number of carboxylic acid groups (broad SMARTS) is 1. The zero-order chi connectivity index (χ0) is 30.0. The third-order valence-corrected chi connectivity index (χ3v) is 10.7. The van der Waals surface area contributed by atoms with Gasteiger partial charge in [-0.3, -0.25) is 24.3 Å². The van der Waals surface area contributed by atoms with E-state index in [-0.39, 0.29) is 70.9 Å². The van der Waals surface area contributed by atoms with E-state index in [4.69, 9.17) is 9.73 Å². The first-order valence-electron chi connectivity index (χ1n) is 12.8. The van der Waals surface area contributed by atoms with Gasteiger partial charge in [0.05, 0.1) is 36.0 Å². The number of allylic oxidation sites excluding steroid dienone is 3. The number of fused-ring (bicyclic) bond motifs is 1. The summed E-state index contributed by atoms with van der Waals surface area (Å²) < 4.78 is 4.85. The molecule has 0 radical (unpaired) electrons. The molecule has 0 aromatic rings. The molecule has 1 aliphatic carbocycles. The van der Waals surface area contributed by atoms with Crippen molar-refractivity contribution in [1.29, 1.82) is 0 Å². The Balaban J connectivity index is 0.00000423. The maximum Gasteiger partial charge on any atom is 1.00 e. The first-order chi connectivity index (χ1) is 20.1. The second-order valence-electron chi connectivity index (χ2n) is 9.42. The Labute approximate surface area is 280 Å². The van der Waals surface area contributed by atoms with Crippen LogP contribution in [-0.2, 0) is 23.9 Å². The van der Waals surface area contributed by atoms with Crippen LogP contribution in [0, 0.1) is 0 Å². The van der Waals surface area contributed by atoms with Gasteiger partial charge in [-0.05, 0) is 5.57 Å². The number of aliphatic imine (C=N–C) groups is 2. The van der Waals surface area contributed by atoms with Gasteiger partial charge in [0.25, 0.3) is 5.91 Å². The van der Waals surface area contributed by atoms with Gasteiger partial charge >= 0.3 is 47.6 Å². The van der Waals surface area contributed by atoms with Crippen LogP contribution in [0.25, 0.3) is 0 Å². The second kappa shape index (κ2) is 14.5. The first kappa shape index (κ1) is 33.3. The number of esters is 1. The number of ether oxygens (including phenoxy) is 1. The molecular formula is C25H25N6NaO8S3. The van der Waals surface area contributed by atoms with E-state index < -0.39 is 47.2 Å². The van der Waals surface area contributed by atoms with Gasteiger partial charge in [0.2, 0.25) is 5.91 Å². The molecule has 4 aliphatic heterocycles. The van der Waals surface area contributed by atoms with E-state index >= 15 is 0 Å². The van der Waals surface area contributed by atoms with Crippen LogP contribution >= 0.6 is 35.3 Å². The van der Waals surface area contributed by atoms with E-state index in [2.05, 4.69) is 15.6 Å². The third-order valence-electron chi connectivity index (χ3n) is 6.64. The molecule has 0 aromatic carbocycles. The summed E-state index contributed by atoms with van der Waals surface area (Å²) in [6.45, 7) is 0.924. The summed E-state index contributed by atoms with van der Waals surface area (Å²) in [7, 11) is 0. The molecule has 2 N–H and O–H groups in total. The standard InChI is InChI=1S/C25H26N6O8S3.Na/c1-12(32)39-10-14-11-42-21-18(20(34)31(21)19(14)22(35)36)28-16(33)9-13-3-2-4-15(27-25-40-7-8-41-25)17(13)29-24(38)30-6-5-26-23(30)37;/h2-3,5,18,21,25H,4,6-11H2,1H3,(H,28,33)(H,29,38)(H,35,36);/q;+1/p-1/t18?,21-;/m0./s1. The number of thioether (sulfide) groups is 3. The van der Waals surface area contributed by atoms with Crippen LogP contribution in [-0.4, -0.2) is 104 Å². The molecule has 222 valence electrons. The minimum absolute atomic E-state index is 0. The van der Waals surface area contributed by atoms with Gasteiger partial charge in [-0.15, -0.1) is 35.3 Å². The monoisotopic (exact) mass is 656 g/mol. The van der Waals surface area contributed by atoms with Crippen LogP contribution in [0.1, 0.15) is 19.8 Å². The number of imide groups is 1. The fraction of sp³-hybridized carbons (Fsp3) is 0.440. The number of carbonyl (C=O) groups excluding carboxylic acids is 6. The van der Waals surface area contributed by atoms with Crippen molar-refractivity contribution in [3.05, 3.63) is 34.7 Å². The smallest absolute Gasteiger partial charge is 0.543 e. The van der Waals surface area contributed by atoms with E-state index in [0.717, 1.165) is 21.3 Å². The van der Waals surface area contributed by atoms with E-state index in [0.29, 0.717) is 23.4 Å². The first-order valence-corrected chi connectivity index (χ1v) is 15.9. The number of hydrogen-bond donors (Lipinski definition) is 2. The van der Waals surface area contributed by atoms with Crippen LogP contribution in [0.15, 0.2) is 44.7 Å². The SMILES string of the molecule is CC(=O)OCC1=C(C(=O)[O-])N2C(=O)C(NC(=O)CC3=C(NC(=O)N4CC=NC4=O)C(=NC4SCCS4)CC=C3)[C@@H]2SC1.[Na+]. The molecule has 0 saturated carbocycles. The number of nitrogens with one attached hydrogen (secondary N) is 2. The molecule has 2 saturated heterocycles. The predicted octanol–water partition coefficient (Wildman–Crippen LogP) is -3.02. The Hall–Kier alpha value is -2.57. The maximum atomic E-state index is 13.2. The summed E-state index contributed by atoms with van der Waals surface area (Å²) in [5.41, 5.74) is 1.18. The van der Waals surface area contributed by atoms with Crippen LogP contribution in [0.4, 0.5) is 9.59 Å². The van der Waals surface area contributed by atoms with Crippen molar-refractivity contribution in [3.8, 4) is 0 Å². The van der Waals surface area contributed by atoms with E-state index in [1.807, 2.05) is 6.08 Å². The Morgan fingerprint density at radius 3 is 2.58 bits per heavy atom. The molecule has 4 heterocycles. The Morgan fingerprint density at radius 2 is 1.93 bits per heavy atom. The molecule has 5 rings (SSSR count). The van der Waals surface area contributed by atoms with Crippen LogP contribution < -0.4 is 45.3 Å². The van der Waals surface area contributed by atoms with E-state index in [9.17, 15) is 33.9 Å². The van der Waals surface area contributed by atoms with Crippen molar-refractivity contribution in [2.75, 3.05) is 30.4 Å². The van der Waals surface area contributed by atoms with Crippen molar-refractivity contribution in [2.45, 2.75) is 35.9 Å². The fourth-order valence-corrected chi connectivity index (χ4v) is 8.58. The molecule has 43 heavy (non-hydrogen) atoms. The number of urea groups is 2. The molecular weight excluding hydrogens is 632 g/mol. The Bertz CT molecular complexity index is 1410. The zero-order valence-corrected chi connectivity index (χ0v) is 27.6. The quantitative estimate of drug-likeness (QED) is 0.154. The Kier molecular flexibility index (Phi) is 11.2.